The van der Waals surface area contributed by atoms with Crippen molar-refractivity contribution in [3.63, 3.8) is 0 Å². The van der Waals surface area contributed by atoms with Gasteiger partial charge in [-0.15, -0.1) is 0 Å². The molecule has 0 amide bonds. The first kappa shape index (κ1) is 39.2. The van der Waals surface area contributed by atoms with Crippen LogP contribution < -0.4 is 9.80 Å². The Bertz CT molecular complexity index is 3810. The molecule has 1 spiro atoms. The van der Waals surface area contributed by atoms with Crippen LogP contribution in [0.15, 0.2) is 218 Å². The SMILES string of the molecule is Cc1ccc(N(c2ccccc2)c2ccc3cc4c(cc3c2)C2(c3ccccc3-c3c2ccc2ccccc32)c2c-4ccc3cc(N(c4ccccc4)c4ccc(C)c(C)c4)ccc23)cc1C. The van der Waals surface area contributed by atoms with Crippen molar-refractivity contribution in [2.24, 2.45) is 0 Å². The predicted octanol–water partition coefficient (Wildman–Crippen LogP) is 17.7. The van der Waals surface area contributed by atoms with Gasteiger partial charge >= 0.3 is 0 Å². The molecule has 67 heavy (non-hydrogen) atoms. The first-order chi connectivity index (χ1) is 32.9. The molecular weight excluding hydrogens is 809 g/mol. The summed E-state index contributed by atoms with van der Waals surface area (Å²) >= 11 is 0. The molecule has 11 aromatic rings. The maximum Gasteiger partial charge on any atom is 0.0731 e. The molecule has 0 N–H and O–H groups in total. The van der Waals surface area contributed by atoms with Crippen LogP contribution in [0, 0.1) is 27.7 Å². The van der Waals surface area contributed by atoms with Crippen LogP contribution in [0.25, 0.3) is 54.6 Å². The zero-order chi connectivity index (χ0) is 45.0. The van der Waals surface area contributed by atoms with E-state index in [9.17, 15) is 0 Å². The van der Waals surface area contributed by atoms with Crippen molar-refractivity contribution in [3.05, 3.63) is 263 Å². The molecule has 0 aromatic heterocycles. The lowest BCUT2D eigenvalue weighted by Gasteiger charge is -2.32. The Kier molecular flexibility index (Phi) is 8.73. The smallest absolute Gasteiger partial charge is 0.0731 e. The molecule has 11 aromatic carbocycles. The van der Waals surface area contributed by atoms with Gasteiger partial charge in [-0.05, 0) is 212 Å². The van der Waals surface area contributed by atoms with Gasteiger partial charge in [-0.1, -0.05) is 133 Å². The van der Waals surface area contributed by atoms with Gasteiger partial charge in [0.2, 0.25) is 0 Å². The van der Waals surface area contributed by atoms with Crippen molar-refractivity contribution >= 4 is 66.4 Å². The summed E-state index contributed by atoms with van der Waals surface area (Å²) in [4.78, 5) is 4.80. The molecule has 0 radical (unpaired) electrons. The van der Waals surface area contributed by atoms with E-state index in [1.54, 1.807) is 0 Å². The highest BCUT2D eigenvalue weighted by Gasteiger charge is 2.53. The van der Waals surface area contributed by atoms with Crippen LogP contribution in [0.4, 0.5) is 34.1 Å². The van der Waals surface area contributed by atoms with Gasteiger partial charge in [-0.3, -0.25) is 0 Å². The molecule has 2 nitrogen and oxygen atoms in total. The Labute approximate surface area is 392 Å². The molecule has 0 fully saturated rings. The minimum absolute atomic E-state index is 0.563. The Balaban J connectivity index is 1.08. The zero-order valence-corrected chi connectivity index (χ0v) is 38.2. The third-order valence-corrected chi connectivity index (χ3v) is 15.0. The van der Waals surface area contributed by atoms with Gasteiger partial charge in [0.05, 0.1) is 5.41 Å². The topological polar surface area (TPSA) is 6.48 Å². The third-order valence-electron chi connectivity index (χ3n) is 15.0. The van der Waals surface area contributed by atoms with Crippen molar-refractivity contribution in [2.75, 3.05) is 9.80 Å². The number of para-hydroxylation sites is 2. The molecule has 0 heterocycles. The van der Waals surface area contributed by atoms with Crippen molar-refractivity contribution in [2.45, 2.75) is 33.1 Å². The van der Waals surface area contributed by atoms with E-state index in [1.807, 2.05) is 0 Å². The fourth-order valence-corrected chi connectivity index (χ4v) is 11.6. The molecule has 1 atom stereocenters. The first-order valence-corrected chi connectivity index (χ1v) is 23.5. The normalized spacial score (nSPS) is 14.3. The lowest BCUT2D eigenvalue weighted by Crippen LogP contribution is -2.26. The van der Waals surface area contributed by atoms with Crippen LogP contribution >= 0.6 is 0 Å². The summed E-state index contributed by atoms with van der Waals surface area (Å²) in [6, 6.07) is 82.1. The molecule has 0 saturated heterocycles. The van der Waals surface area contributed by atoms with E-state index in [1.165, 1.54) is 99.1 Å². The molecule has 1 unspecified atom stereocenters. The van der Waals surface area contributed by atoms with Gasteiger partial charge in [0.1, 0.15) is 0 Å². The molecule has 0 bridgehead atoms. The number of aryl methyl sites for hydroxylation is 4. The standard InChI is InChI=1S/C65H48N2/c1-41-23-28-51(35-43(41)3)66(49-16-7-5-8-17-49)53-30-25-46-39-59-57-32-26-47-37-54(67(50-18-9-6-10-19-50)52-29-24-42(2)44(4)36-52)31-33-56(47)64(57)65(62(59)40-48(46)38-53)60-22-14-13-21-58(60)63-55-20-12-11-15-45(55)27-34-61(63)65/h5-40H,1-4H3. The van der Waals surface area contributed by atoms with Crippen LogP contribution in [0.1, 0.15) is 44.5 Å². The second kappa shape index (κ2) is 14.9. The van der Waals surface area contributed by atoms with Crippen molar-refractivity contribution in [3.8, 4) is 22.3 Å². The fourth-order valence-electron chi connectivity index (χ4n) is 11.6. The molecule has 2 heteroatoms. The summed E-state index contributed by atoms with van der Waals surface area (Å²) in [5.74, 6) is 0. The summed E-state index contributed by atoms with van der Waals surface area (Å²) in [6.45, 7) is 8.79. The number of benzene rings is 11. The van der Waals surface area contributed by atoms with Gasteiger partial charge in [-0.25, -0.2) is 0 Å². The number of anilines is 6. The maximum absolute atomic E-state index is 2.54. The average molecular weight is 857 g/mol. The van der Waals surface area contributed by atoms with Crippen LogP contribution in [0.5, 0.6) is 0 Å². The molecular formula is C65H48N2. The molecule has 2 aliphatic carbocycles. The van der Waals surface area contributed by atoms with Crippen LogP contribution in [0.2, 0.25) is 0 Å². The van der Waals surface area contributed by atoms with Gasteiger partial charge < -0.3 is 9.80 Å². The van der Waals surface area contributed by atoms with Crippen LogP contribution in [-0.2, 0) is 5.41 Å². The van der Waals surface area contributed by atoms with Gasteiger partial charge in [-0.2, -0.15) is 0 Å². The molecule has 318 valence electrons. The fraction of sp³-hybridized carbons (Fsp3) is 0.0769. The number of rotatable bonds is 6. The predicted molar refractivity (Wildman–Crippen MR) is 284 cm³/mol. The average Bonchev–Trinajstić information content (AvgIpc) is 3.83. The largest absolute Gasteiger partial charge is 0.310 e. The Hall–Kier alpha value is -8.20. The number of fused-ring (bicyclic) bond motifs is 15. The Morgan fingerprint density at radius 3 is 1.52 bits per heavy atom. The van der Waals surface area contributed by atoms with Crippen molar-refractivity contribution in [1.29, 1.82) is 0 Å². The first-order valence-electron chi connectivity index (χ1n) is 23.5. The van der Waals surface area contributed by atoms with Crippen LogP contribution in [0.3, 0.4) is 0 Å². The highest BCUT2D eigenvalue weighted by Crippen LogP contribution is 2.65. The highest BCUT2D eigenvalue weighted by atomic mass is 15.1. The van der Waals surface area contributed by atoms with Crippen LogP contribution in [-0.4, -0.2) is 0 Å². The maximum atomic E-state index is 2.54. The molecule has 0 saturated carbocycles. The summed E-state index contributed by atoms with van der Waals surface area (Å²) in [6.07, 6.45) is 0. The Morgan fingerprint density at radius 1 is 0.284 bits per heavy atom. The summed E-state index contributed by atoms with van der Waals surface area (Å²) in [7, 11) is 0. The monoisotopic (exact) mass is 856 g/mol. The molecule has 13 rings (SSSR count). The van der Waals surface area contributed by atoms with E-state index in [4.69, 9.17) is 0 Å². The number of hydrogen-bond acceptors (Lipinski definition) is 2. The lowest BCUT2D eigenvalue weighted by molar-refractivity contribution is 0.803. The quantitative estimate of drug-likeness (QED) is 0.164. The van der Waals surface area contributed by atoms with Crippen molar-refractivity contribution in [1.82, 2.24) is 0 Å². The Morgan fingerprint density at radius 2 is 0.836 bits per heavy atom. The zero-order valence-electron chi connectivity index (χ0n) is 38.2. The van der Waals surface area contributed by atoms with Gasteiger partial charge in [0, 0.05) is 34.1 Å². The summed E-state index contributed by atoms with van der Waals surface area (Å²) < 4.78 is 0. The minimum atomic E-state index is -0.563. The third kappa shape index (κ3) is 5.82. The summed E-state index contributed by atoms with van der Waals surface area (Å²) in [5.41, 5.74) is 22.1. The van der Waals surface area contributed by atoms with E-state index >= 15 is 0 Å². The van der Waals surface area contributed by atoms with E-state index in [2.05, 4.69) is 256 Å². The van der Waals surface area contributed by atoms with Crippen molar-refractivity contribution < 1.29 is 0 Å². The van der Waals surface area contributed by atoms with E-state index in [0.717, 1.165) is 34.1 Å². The molecule has 0 aliphatic heterocycles. The lowest BCUT2D eigenvalue weighted by atomic mass is 9.69. The second-order valence-electron chi connectivity index (χ2n) is 18.7. The molecule has 2 aliphatic rings. The summed E-state index contributed by atoms with van der Waals surface area (Å²) in [5, 5.41) is 7.50. The number of hydrogen-bond donors (Lipinski definition) is 0. The minimum Gasteiger partial charge on any atom is -0.310 e. The van der Waals surface area contributed by atoms with Gasteiger partial charge in [0.25, 0.3) is 0 Å². The van der Waals surface area contributed by atoms with E-state index in [0.29, 0.717) is 0 Å². The van der Waals surface area contributed by atoms with E-state index < -0.39 is 5.41 Å². The van der Waals surface area contributed by atoms with Gasteiger partial charge in [0.15, 0.2) is 0 Å². The second-order valence-corrected chi connectivity index (χ2v) is 18.7. The highest BCUT2D eigenvalue weighted by molar-refractivity contribution is 6.11. The number of nitrogens with zero attached hydrogens (tertiary/aromatic N) is 2. The van der Waals surface area contributed by atoms with E-state index in [-0.39, 0.29) is 0 Å².